The van der Waals surface area contributed by atoms with E-state index in [1.54, 1.807) is 0 Å². The molecule has 23 heavy (non-hydrogen) atoms. The molecular weight excluding hydrogens is 308 g/mol. The Labute approximate surface area is 144 Å². The second kappa shape index (κ2) is 9.50. The molecule has 126 valence electrons. The van der Waals surface area contributed by atoms with Crippen molar-refractivity contribution in [2.24, 2.45) is 5.92 Å². The van der Waals surface area contributed by atoms with Gasteiger partial charge in [0.05, 0.1) is 6.61 Å². The average molecular weight is 334 g/mol. The molecule has 0 aromatic heterocycles. The molecule has 4 nitrogen and oxygen atoms in total. The van der Waals surface area contributed by atoms with Crippen molar-refractivity contribution in [3.8, 4) is 5.75 Å². The molecule has 0 radical (unpaired) electrons. The lowest BCUT2D eigenvalue weighted by molar-refractivity contribution is -0.120. The fraction of sp³-hybridized carbons (Fsp3) is 0.556. The van der Waals surface area contributed by atoms with Gasteiger partial charge in [-0.2, -0.15) is 0 Å². The molecule has 2 rings (SSSR count). The number of unbranched alkanes of at least 4 members (excludes halogenated alkanes) is 4. The number of nitrogens with one attached hydrogen (secondary N) is 2. The van der Waals surface area contributed by atoms with Gasteiger partial charge in [0.2, 0.25) is 5.91 Å². The summed E-state index contributed by atoms with van der Waals surface area (Å²) >= 11 is 5.17. The van der Waals surface area contributed by atoms with Gasteiger partial charge in [0.15, 0.2) is 5.11 Å². The predicted octanol–water partition coefficient (Wildman–Crippen LogP) is 4.26. The largest absolute Gasteiger partial charge is 0.494 e. The number of anilines is 1. The molecule has 1 saturated carbocycles. The molecular formula is C18H26N2O2S. The van der Waals surface area contributed by atoms with Crippen molar-refractivity contribution < 1.29 is 9.53 Å². The third kappa shape index (κ3) is 6.99. The third-order valence-electron chi connectivity index (χ3n) is 3.79. The molecule has 0 spiro atoms. The molecule has 2 N–H and O–H groups in total. The van der Waals surface area contributed by atoms with E-state index in [9.17, 15) is 4.79 Å². The first-order valence-electron chi connectivity index (χ1n) is 8.53. The average Bonchev–Trinajstić information content (AvgIpc) is 3.36. The predicted molar refractivity (Wildman–Crippen MR) is 97.8 cm³/mol. The lowest BCUT2D eigenvalue weighted by atomic mass is 10.2. The zero-order valence-corrected chi connectivity index (χ0v) is 14.6. The molecule has 0 unspecified atom stereocenters. The third-order valence-corrected chi connectivity index (χ3v) is 4.00. The summed E-state index contributed by atoms with van der Waals surface area (Å²) in [6.45, 7) is 2.95. The van der Waals surface area contributed by atoms with Crippen LogP contribution in [-0.2, 0) is 4.79 Å². The van der Waals surface area contributed by atoms with E-state index in [2.05, 4.69) is 17.6 Å². The Kier molecular flexibility index (Phi) is 7.33. The molecule has 5 heteroatoms. The molecule has 1 aliphatic carbocycles. The number of ether oxygens (including phenoxy) is 1. The highest BCUT2D eigenvalue weighted by atomic mass is 32.1. The minimum atomic E-state index is 0.0157. The van der Waals surface area contributed by atoms with Crippen LogP contribution in [-0.4, -0.2) is 17.6 Å². The summed E-state index contributed by atoms with van der Waals surface area (Å²) in [7, 11) is 0. The van der Waals surface area contributed by atoms with Crippen molar-refractivity contribution in [2.45, 2.75) is 51.9 Å². The topological polar surface area (TPSA) is 50.4 Å². The van der Waals surface area contributed by atoms with Crippen molar-refractivity contribution in [1.29, 1.82) is 0 Å². The minimum absolute atomic E-state index is 0.0157. The molecule has 1 amide bonds. The quantitative estimate of drug-likeness (QED) is 0.523. The summed E-state index contributed by atoms with van der Waals surface area (Å²) in [6, 6.07) is 7.66. The standard InChI is InChI=1S/C18H26N2O2S/c1-2-3-4-5-6-12-22-16-9-7-8-15(13-16)19-18(23)20-17(21)14-10-11-14/h7-9,13-14H,2-6,10-12H2,1H3,(H2,19,20,21,23). The number of amides is 1. The van der Waals surface area contributed by atoms with E-state index < -0.39 is 0 Å². The van der Waals surface area contributed by atoms with E-state index in [1.165, 1.54) is 25.7 Å². The normalized spacial score (nSPS) is 13.4. The van der Waals surface area contributed by atoms with Gasteiger partial charge in [0, 0.05) is 17.7 Å². The van der Waals surface area contributed by atoms with Crippen LogP contribution in [0.2, 0.25) is 0 Å². The van der Waals surface area contributed by atoms with Crippen LogP contribution in [0.4, 0.5) is 5.69 Å². The van der Waals surface area contributed by atoms with Gasteiger partial charge in [-0.05, 0) is 43.6 Å². The van der Waals surface area contributed by atoms with Crippen LogP contribution in [0.25, 0.3) is 0 Å². The Hall–Kier alpha value is -1.62. The smallest absolute Gasteiger partial charge is 0.229 e. The molecule has 1 fully saturated rings. The van der Waals surface area contributed by atoms with E-state index in [4.69, 9.17) is 17.0 Å². The number of hydrogen-bond donors (Lipinski definition) is 2. The van der Waals surface area contributed by atoms with Crippen LogP contribution in [0, 0.1) is 5.92 Å². The molecule has 1 aromatic rings. The Morgan fingerprint density at radius 3 is 2.78 bits per heavy atom. The van der Waals surface area contributed by atoms with Crippen LogP contribution in [0.5, 0.6) is 5.75 Å². The molecule has 1 aliphatic rings. The van der Waals surface area contributed by atoms with Crippen molar-refractivity contribution in [2.75, 3.05) is 11.9 Å². The van der Waals surface area contributed by atoms with Gasteiger partial charge >= 0.3 is 0 Å². The second-order valence-electron chi connectivity index (χ2n) is 6.01. The summed E-state index contributed by atoms with van der Waals surface area (Å²) < 4.78 is 5.77. The maximum absolute atomic E-state index is 11.7. The lowest BCUT2D eigenvalue weighted by Gasteiger charge is -2.11. The van der Waals surface area contributed by atoms with Gasteiger partial charge in [-0.1, -0.05) is 38.7 Å². The van der Waals surface area contributed by atoms with Crippen LogP contribution >= 0.6 is 12.2 Å². The highest BCUT2D eigenvalue weighted by Gasteiger charge is 2.29. The van der Waals surface area contributed by atoms with Crippen molar-refractivity contribution in [3.63, 3.8) is 0 Å². The number of carbonyl (C=O) groups is 1. The van der Waals surface area contributed by atoms with Crippen LogP contribution in [0.3, 0.4) is 0 Å². The molecule has 0 bridgehead atoms. The summed E-state index contributed by atoms with van der Waals surface area (Å²) in [5.41, 5.74) is 0.828. The Bertz CT molecular complexity index is 530. The van der Waals surface area contributed by atoms with Gasteiger partial charge in [0.25, 0.3) is 0 Å². The van der Waals surface area contributed by atoms with Crippen LogP contribution < -0.4 is 15.4 Å². The van der Waals surface area contributed by atoms with Crippen molar-refractivity contribution >= 4 is 28.9 Å². The van der Waals surface area contributed by atoms with Gasteiger partial charge < -0.3 is 15.4 Å². The second-order valence-corrected chi connectivity index (χ2v) is 6.42. The fourth-order valence-electron chi connectivity index (χ4n) is 2.28. The first kappa shape index (κ1) is 17.7. The number of rotatable bonds is 9. The van der Waals surface area contributed by atoms with Crippen LogP contribution in [0.1, 0.15) is 51.9 Å². The van der Waals surface area contributed by atoms with E-state index in [0.717, 1.165) is 37.3 Å². The van der Waals surface area contributed by atoms with Gasteiger partial charge in [-0.25, -0.2) is 0 Å². The SMILES string of the molecule is CCCCCCCOc1cccc(NC(=S)NC(=O)C2CC2)c1. The van der Waals surface area contributed by atoms with Crippen molar-refractivity contribution in [1.82, 2.24) is 5.32 Å². The number of thiocarbonyl (C=S) groups is 1. The Morgan fingerprint density at radius 2 is 2.04 bits per heavy atom. The van der Waals surface area contributed by atoms with Crippen molar-refractivity contribution in [3.05, 3.63) is 24.3 Å². The lowest BCUT2D eigenvalue weighted by Crippen LogP contribution is -2.35. The zero-order chi connectivity index (χ0) is 16.5. The maximum atomic E-state index is 11.7. The molecule has 0 heterocycles. The van der Waals surface area contributed by atoms with Gasteiger partial charge in [-0.3, -0.25) is 4.79 Å². The van der Waals surface area contributed by atoms with E-state index in [-0.39, 0.29) is 11.8 Å². The Morgan fingerprint density at radius 1 is 1.26 bits per heavy atom. The Balaban J connectivity index is 1.70. The highest BCUT2D eigenvalue weighted by molar-refractivity contribution is 7.80. The molecule has 1 aromatic carbocycles. The molecule has 0 aliphatic heterocycles. The maximum Gasteiger partial charge on any atom is 0.229 e. The monoisotopic (exact) mass is 334 g/mol. The van der Waals surface area contributed by atoms with Crippen LogP contribution in [0.15, 0.2) is 24.3 Å². The summed E-state index contributed by atoms with van der Waals surface area (Å²) in [5.74, 6) is 0.987. The number of carbonyl (C=O) groups excluding carboxylic acids is 1. The van der Waals surface area contributed by atoms with Gasteiger partial charge in [0.1, 0.15) is 5.75 Å². The number of hydrogen-bond acceptors (Lipinski definition) is 3. The fourth-order valence-corrected chi connectivity index (χ4v) is 2.50. The summed E-state index contributed by atoms with van der Waals surface area (Å²) in [5, 5.41) is 6.10. The minimum Gasteiger partial charge on any atom is -0.494 e. The van der Waals surface area contributed by atoms with Gasteiger partial charge in [-0.15, -0.1) is 0 Å². The summed E-state index contributed by atoms with van der Waals surface area (Å²) in [4.78, 5) is 11.7. The van der Waals surface area contributed by atoms with E-state index in [1.807, 2.05) is 24.3 Å². The molecule has 0 saturated heterocycles. The molecule has 0 atom stereocenters. The number of benzene rings is 1. The zero-order valence-electron chi connectivity index (χ0n) is 13.8. The summed E-state index contributed by atoms with van der Waals surface area (Å²) in [6.07, 6.45) is 8.05. The first-order valence-corrected chi connectivity index (χ1v) is 8.94. The first-order chi connectivity index (χ1) is 11.2. The van der Waals surface area contributed by atoms with E-state index in [0.29, 0.717) is 5.11 Å². The van der Waals surface area contributed by atoms with E-state index >= 15 is 0 Å². The highest BCUT2D eigenvalue weighted by Crippen LogP contribution is 2.28.